The predicted molar refractivity (Wildman–Crippen MR) is 55.2 cm³/mol. The van der Waals surface area contributed by atoms with Gasteiger partial charge in [-0.05, 0) is 18.2 Å². The molecule has 0 amide bonds. The number of hydrogen-bond donors (Lipinski definition) is 0. The van der Waals surface area contributed by atoms with E-state index in [9.17, 15) is 18.0 Å². The molecule has 1 aromatic heterocycles. The van der Waals surface area contributed by atoms with E-state index >= 15 is 0 Å². The Balaban J connectivity index is 2.84. The van der Waals surface area contributed by atoms with E-state index < -0.39 is 17.2 Å². The van der Waals surface area contributed by atoms with Gasteiger partial charge in [-0.25, -0.2) is 0 Å². The third-order valence-corrected chi connectivity index (χ3v) is 2.53. The Morgan fingerprint density at radius 3 is 2.56 bits per heavy atom. The van der Waals surface area contributed by atoms with Gasteiger partial charge in [0.05, 0.1) is 5.39 Å². The lowest BCUT2D eigenvalue weighted by Crippen LogP contribution is -2.18. The van der Waals surface area contributed by atoms with Crippen molar-refractivity contribution in [2.75, 3.05) is 0 Å². The van der Waals surface area contributed by atoms with Crippen LogP contribution in [0.15, 0.2) is 38.1 Å². The lowest BCUT2D eigenvalue weighted by Gasteiger charge is -2.05. The van der Waals surface area contributed by atoms with Crippen LogP contribution in [0.4, 0.5) is 13.2 Å². The Kier molecular flexibility index (Phi) is 2.53. The van der Waals surface area contributed by atoms with Gasteiger partial charge < -0.3 is 4.42 Å². The van der Waals surface area contributed by atoms with Crippen molar-refractivity contribution >= 4 is 26.9 Å². The van der Waals surface area contributed by atoms with Crippen LogP contribution in [0.25, 0.3) is 11.0 Å². The fraction of sp³-hybridized carbons (Fsp3) is 0.100. The van der Waals surface area contributed by atoms with Gasteiger partial charge in [-0.2, -0.15) is 13.2 Å². The fourth-order valence-corrected chi connectivity index (χ4v) is 1.66. The normalized spacial score (nSPS) is 12.0. The Bertz CT molecular complexity index is 601. The lowest BCUT2D eigenvalue weighted by atomic mass is 10.2. The average molecular weight is 293 g/mol. The standard InChI is InChI=1S/C10H4BrF3O2/c11-5-1-2-8-6(3-5)9(15)7(4-16-8)10(12,13)14/h1-4H. The molecule has 0 saturated heterocycles. The van der Waals surface area contributed by atoms with E-state index in [1.807, 2.05) is 0 Å². The number of rotatable bonds is 0. The number of hydrogen-bond acceptors (Lipinski definition) is 2. The summed E-state index contributed by atoms with van der Waals surface area (Å²) in [6, 6.07) is 4.32. The average Bonchev–Trinajstić information content (AvgIpc) is 2.17. The first-order valence-corrected chi connectivity index (χ1v) is 4.97. The molecule has 1 heterocycles. The topological polar surface area (TPSA) is 30.2 Å². The monoisotopic (exact) mass is 292 g/mol. The SMILES string of the molecule is O=c1c(C(F)(F)F)coc2ccc(Br)cc12. The summed E-state index contributed by atoms with van der Waals surface area (Å²) in [5.41, 5.74) is -2.24. The molecule has 0 bridgehead atoms. The van der Waals surface area contributed by atoms with E-state index in [-0.39, 0.29) is 11.0 Å². The van der Waals surface area contributed by atoms with E-state index in [1.165, 1.54) is 12.1 Å². The molecule has 2 aromatic rings. The van der Waals surface area contributed by atoms with Crippen LogP contribution >= 0.6 is 15.9 Å². The van der Waals surface area contributed by atoms with Crippen LogP contribution < -0.4 is 5.43 Å². The number of halogens is 4. The number of benzene rings is 1. The zero-order chi connectivity index (χ0) is 11.9. The molecule has 0 radical (unpaired) electrons. The van der Waals surface area contributed by atoms with E-state index in [4.69, 9.17) is 4.42 Å². The van der Waals surface area contributed by atoms with Gasteiger partial charge in [-0.15, -0.1) is 0 Å². The largest absolute Gasteiger partial charge is 0.463 e. The molecule has 0 saturated carbocycles. The summed E-state index contributed by atoms with van der Waals surface area (Å²) < 4.78 is 42.5. The lowest BCUT2D eigenvalue weighted by molar-refractivity contribution is -0.139. The van der Waals surface area contributed by atoms with Gasteiger partial charge in [0.15, 0.2) is 0 Å². The second-order valence-corrected chi connectivity index (χ2v) is 4.03. The van der Waals surface area contributed by atoms with Crippen LogP contribution in [0, 0.1) is 0 Å². The smallest absolute Gasteiger partial charge is 0.423 e. The van der Waals surface area contributed by atoms with Crippen LogP contribution in [-0.2, 0) is 6.18 Å². The van der Waals surface area contributed by atoms with Crippen LogP contribution in [0.3, 0.4) is 0 Å². The predicted octanol–water partition coefficient (Wildman–Crippen LogP) is 3.57. The zero-order valence-electron chi connectivity index (χ0n) is 7.64. The highest BCUT2D eigenvalue weighted by atomic mass is 79.9. The summed E-state index contributed by atoms with van der Waals surface area (Å²) in [4.78, 5) is 11.5. The Hall–Kier alpha value is -1.30. The summed E-state index contributed by atoms with van der Waals surface area (Å²) in [6.07, 6.45) is -4.25. The van der Waals surface area contributed by atoms with Gasteiger partial charge in [0.1, 0.15) is 17.4 Å². The number of fused-ring (bicyclic) bond motifs is 1. The van der Waals surface area contributed by atoms with Gasteiger partial charge in [0.2, 0.25) is 5.43 Å². The minimum Gasteiger partial charge on any atom is -0.463 e. The van der Waals surface area contributed by atoms with Crippen LogP contribution in [0.5, 0.6) is 0 Å². The van der Waals surface area contributed by atoms with Gasteiger partial charge >= 0.3 is 6.18 Å². The van der Waals surface area contributed by atoms with Crippen LogP contribution in [0.1, 0.15) is 5.56 Å². The first-order chi connectivity index (χ1) is 7.39. The fourth-order valence-electron chi connectivity index (χ4n) is 1.30. The van der Waals surface area contributed by atoms with Gasteiger partial charge in [-0.1, -0.05) is 15.9 Å². The maximum atomic E-state index is 12.4. The minimum atomic E-state index is -4.70. The molecule has 2 rings (SSSR count). The van der Waals surface area contributed by atoms with Crippen molar-refractivity contribution in [3.63, 3.8) is 0 Å². The van der Waals surface area contributed by atoms with E-state index in [2.05, 4.69) is 15.9 Å². The molecular formula is C10H4BrF3O2. The van der Waals surface area contributed by atoms with Gasteiger partial charge in [-0.3, -0.25) is 4.79 Å². The summed E-state index contributed by atoms with van der Waals surface area (Å²) in [5.74, 6) is 0. The van der Waals surface area contributed by atoms with Crippen molar-refractivity contribution < 1.29 is 17.6 Å². The first-order valence-electron chi connectivity index (χ1n) is 4.18. The van der Waals surface area contributed by atoms with E-state index in [1.54, 1.807) is 6.07 Å². The summed E-state index contributed by atoms with van der Waals surface area (Å²) in [6.45, 7) is 0. The van der Waals surface area contributed by atoms with Crippen LogP contribution in [-0.4, -0.2) is 0 Å². The highest BCUT2D eigenvalue weighted by Crippen LogP contribution is 2.28. The van der Waals surface area contributed by atoms with E-state index in [0.717, 1.165) is 0 Å². The molecule has 2 nitrogen and oxygen atoms in total. The molecule has 84 valence electrons. The molecule has 0 unspecified atom stereocenters. The van der Waals surface area contributed by atoms with Crippen molar-refractivity contribution in [1.82, 2.24) is 0 Å². The molecule has 0 aliphatic heterocycles. The molecule has 16 heavy (non-hydrogen) atoms. The summed E-state index contributed by atoms with van der Waals surface area (Å²) >= 11 is 3.08. The van der Waals surface area contributed by atoms with Crippen LogP contribution in [0.2, 0.25) is 0 Å². The molecule has 0 spiro atoms. The molecule has 0 aliphatic rings. The zero-order valence-corrected chi connectivity index (χ0v) is 9.22. The molecule has 0 aliphatic carbocycles. The quantitative estimate of drug-likeness (QED) is 0.743. The number of alkyl halides is 3. The minimum absolute atomic E-state index is 0.0933. The molecule has 0 atom stereocenters. The highest BCUT2D eigenvalue weighted by molar-refractivity contribution is 9.10. The second kappa shape index (κ2) is 3.62. The Morgan fingerprint density at radius 1 is 1.25 bits per heavy atom. The molecule has 0 fully saturated rings. The summed E-state index contributed by atoms with van der Waals surface area (Å²) in [7, 11) is 0. The van der Waals surface area contributed by atoms with E-state index in [0.29, 0.717) is 10.7 Å². The molecule has 1 aromatic carbocycles. The van der Waals surface area contributed by atoms with Crippen molar-refractivity contribution in [3.05, 3.63) is 44.7 Å². The van der Waals surface area contributed by atoms with Crippen molar-refractivity contribution in [2.45, 2.75) is 6.18 Å². The molecule has 6 heteroatoms. The highest BCUT2D eigenvalue weighted by Gasteiger charge is 2.35. The molecular weight excluding hydrogens is 289 g/mol. The first kappa shape index (κ1) is 11.2. The Labute approximate surface area is 95.8 Å². The Morgan fingerprint density at radius 2 is 1.94 bits per heavy atom. The van der Waals surface area contributed by atoms with Crippen molar-refractivity contribution in [1.29, 1.82) is 0 Å². The van der Waals surface area contributed by atoms with Crippen molar-refractivity contribution in [3.8, 4) is 0 Å². The molecule has 0 N–H and O–H groups in total. The van der Waals surface area contributed by atoms with Crippen molar-refractivity contribution in [2.24, 2.45) is 0 Å². The summed E-state index contributed by atoms with van der Waals surface area (Å²) in [5, 5.41) is -0.0933. The third kappa shape index (κ3) is 1.84. The maximum absolute atomic E-state index is 12.4. The maximum Gasteiger partial charge on any atom is 0.423 e. The second-order valence-electron chi connectivity index (χ2n) is 3.12. The van der Waals surface area contributed by atoms with Gasteiger partial charge in [0, 0.05) is 4.47 Å². The third-order valence-electron chi connectivity index (χ3n) is 2.04. The van der Waals surface area contributed by atoms with Gasteiger partial charge in [0.25, 0.3) is 0 Å².